The number of halogens is 3. The molecule has 0 N–H and O–H groups in total. The maximum atomic E-state index is 13.3. The molecule has 0 saturated carbocycles. The average Bonchev–Trinajstić information content (AvgIpc) is 3.00. The van der Waals surface area contributed by atoms with Gasteiger partial charge in [0.15, 0.2) is 0 Å². The summed E-state index contributed by atoms with van der Waals surface area (Å²) in [5.41, 5.74) is 1.35. The van der Waals surface area contributed by atoms with E-state index in [0.717, 1.165) is 77.6 Å². The Morgan fingerprint density at radius 1 is 0.905 bits per heavy atom. The predicted molar refractivity (Wildman–Crippen MR) is 161 cm³/mol. The van der Waals surface area contributed by atoms with E-state index in [1.165, 1.54) is 17.7 Å². The lowest BCUT2D eigenvalue weighted by atomic mass is 9.86. The van der Waals surface area contributed by atoms with Crippen molar-refractivity contribution in [3.8, 4) is 0 Å². The standard InChI is InChI=1S/C33H46F3N5O/c1-37-16-13-29(14-17-37)38(2)32(42)12-11-27-25-39(24-26-7-4-3-5-8-26)18-15-31(27)41-21-19-40(20-22-41)30-10-6-9-28(23-30)33(34,35)36/h3-10,23,27,29,31H,11-22,24-25H2,1-2H3/t27-,31+/m1/s1. The molecule has 3 saturated heterocycles. The Morgan fingerprint density at radius 2 is 1.62 bits per heavy atom. The number of nitrogens with zero attached hydrogens (tertiary/aromatic N) is 5. The van der Waals surface area contributed by atoms with Crippen LogP contribution in [0.4, 0.5) is 18.9 Å². The number of amides is 1. The molecule has 2 atom stereocenters. The summed E-state index contributed by atoms with van der Waals surface area (Å²) in [5.74, 6) is 0.621. The number of alkyl halides is 3. The van der Waals surface area contributed by atoms with Crippen LogP contribution in [0.5, 0.6) is 0 Å². The maximum Gasteiger partial charge on any atom is 0.416 e. The molecule has 0 radical (unpaired) electrons. The van der Waals surface area contributed by atoms with Gasteiger partial charge in [0.25, 0.3) is 0 Å². The molecule has 6 nitrogen and oxygen atoms in total. The summed E-state index contributed by atoms with van der Waals surface area (Å²) in [6.07, 6.45) is 0.197. The second kappa shape index (κ2) is 13.8. The topological polar surface area (TPSA) is 33.3 Å². The molecule has 2 aromatic carbocycles. The van der Waals surface area contributed by atoms with Gasteiger partial charge in [-0.05, 0) is 82.0 Å². The summed E-state index contributed by atoms with van der Waals surface area (Å²) in [6, 6.07) is 17.0. The molecule has 0 bridgehead atoms. The molecule has 230 valence electrons. The van der Waals surface area contributed by atoms with Gasteiger partial charge in [-0.1, -0.05) is 36.4 Å². The number of piperidine rings is 2. The van der Waals surface area contributed by atoms with Crippen LogP contribution in [-0.4, -0.2) is 104 Å². The van der Waals surface area contributed by atoms with Crippen LogP contribution in [0.15, 0.2) is 54.6 Å². The fourth-order valence-electron chi connectivity index (χ4n) is 7.11. The molecule has 42 heavy (non-hydrogen) atoms. The molecule has 3 aliphatic heterocycles. The third-order valence-corrected chi connectivity index (χ3v) is 9.71. The predicted octanol–water partition coefficient (Wildman–Crippen LogP) is 5.05. The molecule has 9 heteroatoms. The second-order valence-corrected chi connectivity index (χ2v) is 12.5. The zero-order chi connectivity index (χ0) is 29.7. The van der Waals surface area contributed by atoms with Gasteiger partial charge in [-0.15, -0.1) is 0 Å². The van der Waals surface area contributed by atoms with Crippen molar-refractivity contribution in [2.24, 2.45) is 5.92 Å². The van der Waals surface area contributed by atoms with E-state index in [0.29, 0.717) is 43.2 Å². The molecule has 0 aromatic heterocycles. The summed E-state index contributed by atoms with van der Waals surface area (Å²) in [5, 5.41) is 0. The van der Waals surface area contributed by atoms with Crippen molar-refractivity contribution >= 4 is 11.6 Å². The number of anilines is 1. The fraction of sp³-hybridized carbons (Fsp3) is 0.606. The summed E-state index contributed by atoms with van der Waals surface area (Å²) in [6.45, 7) is 8.00. The summed E-state index contributed by atoms with van der Waals surface area (Å²) >= 11 is 0. The first-order valence-electron chi connectivity index (χ1n) is 15.5. The molecule has 0 aliphatic carbocycles. The zero-order valence-corrected chi connectivity index (χ0v) is 25.1. The normalized spacial score (nSPS) is 23.7. The Hall–Kier alpha value is -2.62. The van der Waals surface area contributed by atoms with E-state index < -0.39 is 11.7 Å². The van der Waals surface area contributed by atoms with Gasteiger partial charge in [0.2, 0.25) is 5.91 Å². The van der Waals surface area contributed by atoms with Crippen LogP contribution in [0.3, 0.4) is 0 Å². The van der Waals surface area contributed by atoms with E-state index in [-0.39, 0.29) is 5.91 Å². The quantitative estimate of drug-likeness (QED) is 0.433. The first kappa shape index (κ1) is 30.8. The molecule has 3 aliphatic rings. The molecule has 3 heterocycles. The van der Waals surface area contributed by atoms with Crippen LogP contribution in [0, 0.1) is 5.92 Å². The largest absolute Gasteiger partial charge is 0.416 e. The van der Waals surface area contributed by atoms with Crippen molar-refractivity contribution in [1.29, 1.82) is 0 Å². The first-order chi connectivity index (χ1) is 20.2. The van der Waals surface area contributed by atoms with Gasteiger partial charge in [0, 0.05) is 70.5 Å². The first-order valence-corrected chi connectivity index (χ1v) is 15.5. The van der Waals surface area contributed by atoms with Gasteiger partial charge in [0.1, 0.15) is 0 Å². The number of rotatable bonds is 8. The molecule has 0 unspecified atom stereocenters. The third-order valence-electron chi connectivity index (χ3n) is 9.71. The van der Waals surface area contributed by atoms with Gasteiger partial charge in [-0.3, -0.25) is 14.6 Å². The van der Waals surface area contributed by atoms with E-state index >= 15 is 0 Å². The Labute approximate surface area is 249 Å². The van der Waals surface area contributed by atoms with Crippen molar-refractivity contribution in [3.05, 3.63) is 65.7 Å². The summed E-state index contributed by atoms with van der Waals surface area (Å²) in [7, 11) is 4.12. The Balaban J connectivity index is 1.21. The van der Waals surface area contributed by atoms with Crippen LogP contribution in [-0.2, 0) is 17.5 Å². The van der Waals surface area contributed by atoms with Crippen molar-refractivity contribution in [2.45, 2.75) is 56.9 Å². The highest BCUT2D eigenvalue weighted by Gasteiger charge is 2.36. The van der Waals surface area contributed by atoms with Crippen molar-refractivity contribution < 1.29 is 18.0 Å². The minimum atomic E-state index is -4.34. The number of likely N-dealkylation sites (tertiary alicyclic amines) is 2. The summed E-state index contributed by atoms with van der Waals surface area (Å²) in [4.78, 5) is 24.8. The van der Waals surface area contributed by atoms with E-state index in [1.807, 2.05) is 18.0 Å². The highest BCUT2D eigenvalue weighted by molar-refractivity contribution is 5.76. The number of hydrogen-bond acceptors (Lipinski definition) is 5. The number of hydrogen-bond donors (Lipinski definition) is 0. The minimum absolute atomic E-state index is 0.248. The Bertz CT molecular complexity index is 1150. The molecule has 3 fully saturated rings. The van der Waals surface area contributed by atoms with Crippen molar-refractivity contribution in [1.82, 2.24) is 19.6 Å². The molecule has 2 aromatic rings. The lowest BCUT2D eigenvalue weighted by Crippen LogP contribution is -2.56. The SMILES string of the molecule is CN1CCC(N(C)C(=O)CC[C@@H]2CN(Cc3ccccc3)CC[C@@H]2N2CCN(c3cccc(C(F)(F)F)c3)CC2)CC1. The molecule has 0 spiro atoms. The number of piperazine rings is 1. The minimum Gasteiger partial charge on any atom is -0.369 e. The van der Waals surface area contributed by atoms with Crippen LogP contribution in [0.1, 0.15) is 43.2 Å². The monoisotopic (exact) mass is 585 g/mol. The number of benzene rings is 2. The van der Waals surface area contributed by atoms with Crippen LogP contribution >= 0.6 is 0 Å². The van der Waals surface area contributed by atoms with Gasteiger partial charge >= 0.3 is 6.18 Å². The Morgan fingerprint density at radius 3 is 2.31 bits per heavy atom. The highest BCUT2D eigenvalue weighted by Crippen LogP contribution is 2.33. The smallest absolute Gasteiger partial charge is 0.369 e. The van der Waals surface area contributed by atoms with Crippen molar-refractivity contribution in [2.75, 3.05) is 71.4 Å². The Kier molecular flexibility index (Phi) is 10.1. The van der Waals surface area contributed by atoms with Gasteiger partial charge in [-0.25, -0.2) is 0 Å². The van der Waals surface area contributed by atoms with E-state index in [1.54, 1.807) is 6.07 Å². The fourth-order valence-corrected chi connectivity index (χ4v) is 7.11. The van der Waals surface area contributed by atoms with E-state index in [9.17, 15) is 18.0 Å². The lowest BCUT2D eigenvalue weighted by molar-refractivity contribution is -0.137. The number of carbonyl (C=O) groups is 1. The highest BCUT2D eigenvalue weighted by atomic mass is 19.4. The van der Waals surface area contributed by atoms with Gasteiger partial charge in [0.05, 0.1) is 5.56 Å². The third kappa shape index (κ3) is 7.85. The molecular formula is C33H46F3N5O. The molecular weight excluding hydrogens is 539 g/mol. The average molecular weight is 586 g/mol. The molecule has 1 amide bonds. The van der Waals surface area contributed by atoms with E-state index in [4.69, 9.17) is 0 Å². The number of carbonyl (C=O) groups excluding carboxylic acids is 1. The van der Waals surface area contributed by atoms with Crippen LogP contribution in [0.2, 0.25) is 0 Å². The molecule has 5 rings (SSSR count). The van der Waals surface area contributed by atoms with Crippen molar-refractivity contribution in [3.63, 3.8) is 0 Å². The maximum absolute atomic E-state index is 13.3. The van der Waals surface area contributed by atoms with E-state index in [2.05, 4.69) is 50.9 Å². The second-order valence-electron chi connectivity index (χ2n) is 12.5. The zero-order valence-electron chi connectivity index (χ0n) is 25.1. The summed E-state index contributed by atoms with van der Waals surface area (Å²) < 4.78 is 39.9. The van der Waals surface area contributed by atoms with Crippen LogP contribution in [0.25, 0.3) is 0 Å². The van der Waals surface area contributed by atoms with Crippen LogP contribution < -0.4 is 4.90 Å². The van der Waals surface area contributed by atoms with Gasteiger partial charge in [-0.2, -0.15) is 13.2 Å². The van der Waals surface area contributed by atoms with Gasteiger partial charge < -0.3 is 14.7 Å². The lowest BCUT2D eigenvalue weighted by Gasteiger charge is -2.47.